The predicted molar refractivity (Wildman–Crippen MR) is 141 cm³/mol. The summed E-state index contributed by atoms with van der Waals surface area (Å²) in [5.74, 6) is 0.141. The molecule has 1 aliphatic rings. The van der Waals surface area contributed by atoms with E-state index in [1.54, 1.807) is 39.1 Å². The minimum Gasteiger partial charge on any atom is -0.465 e. The van der Waals surface area contributed by atoms with Gasteiger partial charge in [-0.1, -0.05) is 12.1 Å². The standard InChI is InChI=1S/C25H30F3N5O4S2/c1-24(2,3)32-39(36,37)21-10-16(17-11-30-33(13-17)14-25(26,27)28)6-9-19(21)20-12-29-22(38-20)15-4-7-18(8-5-15)31-23(34)35/h6,9-13,15,18,31-32H,4-5,7-8,14H2,1-3H3,(H,34,35)/t15-,18-. The third kappa shape index (κ3) is 7.57. The summed E-state index contributed by atoms with van der Waals surface area (Å²) < 4.78 is 68.8. The van der Waals surface area contributed by atoms with Gasteiger partial charge in [0, 0.05) is 41.0 Å². The Morgan fingerprint density at radius 3 is 2.44 bits per heavy atom. The quantitative estimate of drug-likeness (QED) is 0.331. The summed E-state index contributed by atoms with van der Waals surface area (Å²) >= 11 is 1.39. The van der Waals surface area contributed by atoms with Gasteiger partial charge in [-0.2, -0.15) is 18.3 Å². The number of amides is 1. The number of thiazole rings is 1. The summed E-state index contributed by atoms with van der Waals surface area (Å²) in [4.78, 5) is 16.1. The van der Waals surface area contributed by atoms with Gasteiger partial charge in [-0.3, -0.25) is 4.68 Å². The normalized spacial score (nSPS) is 18.7. The minimum atomic E-state index is -4.44. The van der Waals surface area contributed by atoms with Crippen LogP contribution in [-0.4, -0.2) is 52.1 Å². The second kappa shape index (κ2) is 10.9. The molecule has 0 bridgehead atoms. The van der Waals surface area contributed by atoms with E-state index in [1.807, 2.05) is 0 Å². The number of aromatic nitrogens is 3. The van der Waals surface area contributed by atoms with Gasteiger partial charge in [0.15, 0.2) is 0 Å². The summed E-state index contributed by atoms with van der Waals surface area (Å²) in [5, 5.41) is 16.1. The lowest BCUT2D eigenvalue weighted by Crippen LogP contribution is -2.40. The van der Waals surface area contributed by atoms with E-state index < -0.39 is 34.4 Å². The molecule has 0 unspecified atom stereocenters. The third-order valence-electron chi connectivity index (χ3n) is 6.21. The van der Waals surface area contributed by atoms with Crippen LogP contribution in [0.2, 0.25) is 0 Å². The van der Waals surface area contributed by atoms with Crippen molar-refractivity contribution in [2.75, 3.05) is 0 Å². The number of rotatable bonds is 7. The highest BCUT2D eigenvalue weighted by Crippen LogP contribution is 2.40. The minimum absolute atomic E-state index is 0.0111. The molecule has 0 atom stereocenters. The highest BCUT2D eigenvalue weighted by Gasteiger charge is 2.30. The van der Waals surface area contributed by atoms with Crippen molar-refractivity contribution >= 4 is 27.5 Å². The van der Waals surface area contributed by atoms with Crippen molar-refractivity contribution in [3.63, 3.8) is 0 Å². The Balaban J connectivity index is 1.67. The van der Waals surface area contributed by atoms with Crippen molar-refractivity contribution < 1.29 is 31.5 Å². The maximum absolute atomic E-state index is 13.5. The van der Waals surface area contributed by atoms with Crippen molar-refractivity contribution in [1.82, 2.24) is 24.8 Å². The van der Waals surface area contributed by atoms with Gasteiger partial charge in [0.2, 0.25) is 10.0 Å². The van der Waals surface area contributed by atoms with Gasteiger partial charge in [0.1, 0.15) is 6.54 Å². The number of benzene rings is 1. The molecule has 2 aromatic heterocycles. The molecule has 4 rings (SSSR count). The average molecular weight is 586 g/mol. The van der Waals surface area contributed by atoms with E-state index in [9.17, 15) is 26.4 Å². The Hall–Kier alpha value is -2.97. The Bertz CT molecular complexity index is 1440. The van der Waals surface area contributed by atoms with Crippen LogP contribution < -0.4 is 10.0 Å². The Kier molecular flexibility index (Phi) is 8.11. The zero-order valence-corrected chi connectivity index (χ0v) is 23.3. The SMILES string of the molecule is CC(C)(C)NS(=O)(=O)c1cc(-c2cnn(CC(F)(F)F)c2)ccc1-c1cnc([C@H]2CC[C@H](NC(=O)O)CC2)s1. The van der Waals surface area contributed by atoms with Crippen LogP contribution in [0.5, 0.6) is 0 Å². The number of hydrogen-bond acceptors (Lipinski definition) is 6. The molecule has 1 amide bonds. The van der Waals surface area contributed by atoms with Crippen molar-refractivity contribution in [1.29, 1.82) is 0 Å². The molecule has 1 aromatic carbocycles. The molecule has 1 aliphatic carbocycles. The summed E-state index contributed by atoms with van der Waals surface area (Å²) in [7, 11) is -4.03. The van der Waals surface area contributed by atoms with E-state index in [0.29, 0.717) is 34.4 Å². The molecular weight excluding hydrogens is 555 g/mol. The lowest BCUT2D eigenvalue weighted by atomic mass is 9.86. The highest BCUT2D eigenvalue weighted by atomic mass is 32.2. The largest absolute Gasteiger partial charge is 0.465 e. The molecule has 14 heteroatoms. The van der Waals surface area contributed by atoms with E-state index >= 15 is 0 Å². The lowest BCUT2D eigenvalue weighted by molar-refractivity contribution is -0.142. The van der Waals surface area contributed by atoms with Gasteiger partial charge in [-0.15, -0.1) is 11.3 Å². The van der Waals surface area contributed by atoms with Crippen molar-refractivity contribution in [2.24, 2.45) is 0 Å². The van der Waals surface area contributed by atoms with Crippen molar-refractivity contribution in [3.8, 4) is 21.6 Å². The summed E-state index contributed by atoms with van der Waals surface area (Å²) in [5.41, 5.74) is 0.430. The summed E-state index contributed by atoms with van der Waals surface area (Å²) in [6.07, 6.45) is 1.57. The van der Waals surface area contributed by atoms with Gasteiger partial charge >= 0.3 is 12.3 Å². The fraction of sp³-hybridized carbons (Fsp3) is 0.480. The van der Waals surface area contributed by atoms with Crippen LogP contribution in [0.3, 0.4) is 0 Å². The number of carboxylic acid groups (broad SMARTS) is 1. The first-order valence-electron chi connectivity index (χ1n) is 12.3. The molecule has 1 fully saturated rings. The molecule has 3 aromatic rings. The van der Waals surface area contributed by atoms with Crippen LogP contribution in [-0.2, 0) is 16.6 Å². The molecular formula is C25H30F3N5O4S2. The molecule has 1 saturated carbocycles. The first-order chi connectivity index (χ1) is 18.1. The Morgan fingerprint density at radius 1 is 1.13 bits per heavy atom. The van der Waals surface area contributed by atoms with E-state index in [0.717, 1.165) is 22.5 Å². The molecule has 0 spiro atoms. The first kappa shape index (κ1) is 29.0. The zero-order chi connectivity index (χ0) is 28.6. The smallest absolute Gasteiger partial charge is 0.408 e. The molecule has 0 radical (unpaired) electrons. The monoisotopic (exact) mass is 585 g/mol. The number of sulfonamides is 1. The number of alkyl halides is 3. The van der Waals surface area contributed by atoms with Gasteiger partial charge in [-0.05, 0) is 58.1 Å². The van der Waals surface area contributed by atoms with E-state index in [4.69, 9.17) is 5.11 Å². The van der Waals surface area contributed by atoms with Gasteiger partial charge in [0.05, 0.1) is 21.0 Å². The van der Waals surface area contributed by atoms with Crippen molar-refractivity contribution in [2.45, 2.75) is 81.6 Å². The molecule has 0 saturated heterocycles. The van der Waals surface area contributed by atoms with Crippen LogP contribution in [0.25, 0.3) is 21.6 Å². The molecule has 39 heavy (non-hydrogen) atoms. The maximum atomic E-state index is 13.5. The van der Waals surface area contributed by atoms with Crippen LogP contribution in [0.1, 0.15) is 57.4 Å². The van der Waals surface area contributed by atoms with Gasteiger partial charge in [-0.25, -0.2) is 22.9 Å². The van der Waals surface area contributed by atoms with Crippen LogP contribution in [0.15, 0.2) is 41.7 Å². The van der Waals surface area contributed by atoms with E-state index in [-0.39, 0.29) is 16.9 Å². The Labute approximate surface area is 228 Å². The number of hydrogen-bond donors (Lipinski definition) is 3. The summed E-state index contributed by atoms with van der Waals surface area (Å²) in [6.45, 7) is 3.90. The van der Waals surface area contributed by atoms with E-state index in [1.165, 1.54) is 29.8 Å². The lowest BCUT2D eigenvalue weighted by Gasteiger charge is -2.27. The van der Waals surface area contributed by atoms with Gasteiger partial charge < -0.3 is 10.4 Å². The summed E-state index contributed by atoms with van der Waals surface area (Å²) in [6, 6.07) is 4.65. The highest BCUT2D eigenvalue weighted by molar-refractivity contribution is 7.89. The Morgan fingerprint density at radius 2 is 1.82 bits per heavy atom. The number of nitrogens with zero attached hydrogens (tertiary/aromatic N) is 3. The predicted octanol–water partition coefficient (Wildman–Crippen LogP) is 5.61. The molecule has 2 heterocycles. The topological polar surface area (TPSA) is 126 Å². The third-order valence-corrected chi connectivity index (χ3v) is 9.20. The average Bonchev–Trinajstić information content (AvgIpc) is 3.46. The zero-order valence-electron chi connectivity index (χ0n) is 21.6. The fourth-order valence-corrected chi connectivity index (χ4v) is 7.49. The van der Waals surface area contributed by atoms with E-state index in [2.05, 4.69) is 20.1 Å². The molecule has 0 aliphatic heterocycles. The molecule has 212 valence electrons. The van der Waals surface area contributed by atoms with Crippen LogP contribution >= 0.6 is 11.3 Å². The maximum Gasteiger partial charge on any atom is 0.408 e. The van der Waals surface area contributed by atoms with Gasteiger partial charge in [0.25, 0.3) is 0 Å². The van der Waals surface area contributed by atoms with Crippen LogP contribution in [0.4, 0.5) is 18.0 Å². The molecule has 9 nitrogen and oxygen atoms in total. The number of nitrogens with one attached hydrogen (secondary N) is 2. The number of carbonyl (C=O) groups is 1. The number of halogens is 3. The fourth-order valence-electron chi connectivity index (χ4n) is 4.63. The second-order valence-corrected chi connectivity index (χ2v) is 13.4. The van der Waals surface area contributed by atoms with Crippen molar-refractivity contribution in [3.05, 3.63) is 41.8 Å². The first-order valence-corrected chi connectivity index (χ1v) is 14.6. The second-order valence-electron chi connectivity index (χ2n) is 10.7. The molecule has 3 N–H and O–H groups in total. The van der Waals surface area contributed by atoms with Crippen LogP contribution in [0, 0.1) is 0 Å².